The molecule has 58 valence electrons. The third-order valence-electron chi connectivity index (χ3n) is 0.881. The molecule has 4 heteroatoms. The highest BCUT2D eigenvalue weighted by Crippen LogP contribution is 1.66. The Morgan fingerprint density at radius 2 is 1.30 bits per heavy atom. The molecule has 0 radical (unpaired) electrons. The molecule has 0 aromatic heterocycles. The van der Waals surface area contributed by atoms with Crippen LogP contribution in [0, 0.1) is 0 Å². The standard InChI is InChI=1S/C6H12N2O2/c1-3-7-5(9)6(10)8-4-2/h3-4H2,1-2H3,(H,7,9)(H,8,10). The number of nitrogens with one attached hydrogen (secondary N) is 2. The average Bonchev–Trinajstić information content (AvgIpc) is 1.89. The van der Waals surface area contributed by atoms with E-state index in [1.54, 1.807) is 13.8 Å². The van der Waals surface area contributed by atoms with Crippen LogP contribution in [-0.4, -0.2) is 24.9 Å². The van der Waals surface area contributed by atoms with Crippen LogP contribution in [0.2, 0.25) is 0 Å². The van der Waals surface area contributed by atoms with Crippen LogP contribution in [0.1, 0.15) is 13.8 Å². The van der Waals surface area contributed by atoms with Crippen molar-refractivity contribution in [1.29, 1.82) is 0 Å². The van der Waals surface area contributed by atoms with Crippen molar-refractivity contribution in [3.63, 3.8) is 0 Å². The quantitative estimate of drug-likeness (QED) is 0.501. The molecule has 0 heterocycles. The molecule has 0 rings (SSSR count). The first-order valence-corrected chi connectivity index (χ1v) is 3.28. The lowest BCUT2D eigenvalue weighted by Crippen LogP contribution is -2.39. The minimum absolute atomic E-state index is 0.482. The molecule has 4 nitrogen and oxygen atoms in total. The second-order valence-electron chi connectivity index (χ2n) is 1.72. The van der Waals surface area contributed by atoms with Crippen LogP contribution in [0.3, 0.4) is 0 Å². The first kappa shape index (κ1) is 8.94. The first-order chi connectivity index (χ1) is 4.72. The Bertz CT molecular complexity index is 118. The Kier molecular flexibility index (Phi) is 4.28. The van der Waals surface area contributed by atoms with E-state index >= 15 is 0 Å². The van der Waals surface area contributed by atoms with Gasteiger partial charge in [0.05, 0.1) is 0 Å². The van der Waals surface area contributed by atoms with Crippen LogP contribution < -0.4 is 10.6 Å². The van der Waals surface area contributed by atoms with Gasteiger partial charge in [-0.25, -0.2) is 0 Å². The van der Waals surface area contributed by atoms with Crippen molar-refractivity contribution in [2.45, 2.75) is 13.8 Å². The van der Waals surface area contributed by atoms with Crippen LogP contribution in [-0.2, 0) is 9.59 Å². The lowest BCUT2D eigenvalue weighted by molar-refractivity contribution is -0.139. The van der Waals surface area contributed by atoms with E-state index in [0.29, 0.717) is 13.1 Å². The molecule has 10 heavy (non-hydrogen) atoms. The van der Waals surface area contributed by atoms with Gasteiger partial charge in [-0.3, -0.25) is 9.59 Å². The van der Waals surface area contributed by atoms with Gasteiger partial charge in [0.15, 0.2) is 0 Å². The van der Waals surface area contributed by atoms with Gasteiger partial charge in [0, 0.05) is 13.1 Å². The van der Waals surface area contributed by atoms with Gasteiger partial charge in [0.2, 0.25) is 0 Å². The van der Waals surface area contributed by atoms with Crippen molar-refractivity contribution in [2.24, 2.45) is 0 Å². The summed E-state index contributed by atoms with van der Waals surface area (Å²) in [6, 6.07) is 0. The zero-order valence-electron chi connectivity index (χ0n) is 6.23. The molecular weight excluding hydrogens is 132 g/mol. The zero-order chi connectivity index (χ0) is 7.98. The van der Waals surface area contributed by atoms with E-state index < -0.39 is 11.8 Å². The number of carbonyl (C=O) groups is 2. The van der Waals surface area contributed by atoms with E-state index in [1.165, 1.54) is 0 Å². The molecule has 0 aliphatic rings. The van der Waals surface area contributed by atoms with Crippen LogP contribution in [0.4, 0.5) is 0 Å². The molecule has 0 spiro atoms. The Morgan fingerprint density at radius 3 is 1.50 bits per heavy atom. The molecule has 0 aromatic carbocycles. The van der Waals surface area contributed by atoms with Crippen LogP contribution in [0.25, 0.3) is 0 Å². The molecular formula is C6H12N2O2. The number of hydrogen-bond acceptors (Lipinski definition) is 2. The molecule has 0 bridgehead atoms. The van der Waals surface area contributed by atoms with Crippen LogP contribution in [0.5, 0.6) is 0 Å². The van der Waals surface area contributed by atoms with Crippen molar-refractivity contribution in [3.05, 3.63) is 0 Å². The van der Waals surface area contributed by atoms with Gasteiger partial charge in [0.1, 0.15) is 0 Å². The molecule has 0 aliphatic heterocycles. The Hall–Kier alpha value is -1.06. The fraction of sp³-hybridized carbons (Fsp3) is 0.667. The Labute approximate surface area is 60.0 Å². The van der Waals surface area contributed by atoms with Crippen molar-refractivity contribution < 1.29 is 9.59 Å². The predicted molar refractivity (Wildman–Crippen MR) is 37.4 cm³/mol. The lowest BCUT2D eigenvalue weighted by atomic mass is 10.5. The van der Waals surface area contributed by atoms with E-state index in [0.717, 1.165) is 0 Å². The number of hydrogen-bond donors (Lipinski definition) is 2. The van der Waals surface area contributed by atoms with E-state index in [2.05, 4.69) is 10.6 Å². The second-order valence-corrected chi connectivity index (χ2v) is 1.72. The van der Waals surface area contributed by atoms with Gasteiger partial charge in [-0.2, -0.15) is 0 Å². The molecule has 2 N–H and O–H groups in total. The fourth-order valence-corrected chi connectivity index (χ4v) is 0.482. The van der Waals surface area contributed by atoms with Crippen molar-refractivity contribution in [1.82, 2.24) is 10.6 Å². The minimum atomic E-state index is -0.565. The van der Waals surface area contributed by atoms with Crippen molar-refractivity contribution in [2.75, 3.05) is 13.1 Å². The Balaban J connectivity index is 3.60. The van der Waals surface area contributed by atoms with Crippen molar-refractivity contribution in [3.8, 4) is 0 Å². The average molecular weight is 144 g/mol. The summed E-state index contributed by atoms with van der Waals surface area (Å²) in [6.45, 7) is 4.49. The smallest absolute Gasteiger partial charge is 0.309 e. The molecule has 0 aromatic rings. The van der Waals surface area contributed by atoms with Gasteiger partial charge < -0.3 is 10.6 Å². The normalized spacial score (nSPS) is 8.60. The molecule has 2 amide bonds. The first-order valence-electron chi connectivity index (χ1n) is 3.28. The largest absolute Gasteiger partial charge is 0.348 e. The number of likely N-dealkylation sites (N-methyl/N-ethyl adjacent to an activating group) is 2. The number of carbonyl (C=O) groups excluding carboxylic acids is 2. The van der Waals surface area contributed by atoms with E-state index in [1.807, 2.05) is 0 Å². The molecule has 0 unspecified atom stereocenters. The van der Waals surface area contributed by atoms with E-state index in [9.17, 15) is 9.59 Å². The fourth-order valence-electron chi connectivity index (χ4n) is 0.482. The molecule has 0 aliphatic carbocycles. The van der Waals surface area contributed by atoms with E-state index in [4.69, 9.17) is 0 Å². The third kappa shape index (κ3) is 3.06. The Morgan fingerprint density at radius 1 is 1.00 bits per heavy atom. The SMILES string of the molecule is CCNC(=O)C(=O)NCC. The van der Waals surface area contributed by atoms with Gasteiger partial charge in [0.25, 0.3) is 0 Å². The summed E-state index contributed by atoms with van der Waals surface area (Å²) in [4.78, 5) is 21.2. The highest BCUT2D eigenvalue weighted by molar-refractivity contribution is 6.35. The minimum Gasteiger partial charge on any atom is -0.348 e. The maximum absolute atomic E-state index is 10.6. The van der Waals surface area contributed by atoms with Gasteiger partial charge in [-0.1, -0.05) is 0 Å². The number of amides is 2. The zero-order valence-corrected chi connectivity index (χ0v) is 6.23. The van der Waals surface area contributed by atoms with Crippen LogP contribution >= 0.6 is 0 Å². The summed E-state index contributed by atoms with van der Waals surface area (Å²) >= 11 is 0. The van der Waals surface area contributed by atoms with Gasteiger partial charge in [-0.05, 0) is 13.8 Å². The summed E-state index contributed by atoms with van der Waals surface area (Å²) < 4.78 is 0. The van der Waals surface area contributed by atoms with Gasteiger partial charge >= 0.3 is 11.8 Å². The van der Waals surface area contributed by atoms with Crippen molar-refractivity contribution >= 4 is 11.8 Å². The summed E-state index contributed by atoms with van der Waals surface area (Å²) in [6.07, 6.45) is 0. The summed E-state index contributed by atoms with van der Waals surface area (Å²) in [5.74, 6) is -1.13. The maximum atomic E-state index is 10.6. The highest BCUT2D eigenvalue weighted by atomic mass is 16.2. The summed E-state index contributed by atoms with van der Waals surface area (Å²) in [7, 11) is 0. The topological polar surface area (TPSA) is 58.2 Å². The highest BCUT2D eigenvalue weighted by Gasteiger charge is 2.08. The predicted octanol–water partition coefficient (Wildman–Crippen LogP) is -0.741. The third-order valence-corrected chi connectivity index (χ3v) is 0.881. The maximum Gasteiger partial charge on any atom is 0.309 e. The molecule has 0 saturated carbocycles. The molecule has 0 fully saturated rings. The monoisotopic (exact) mass is 144 g/mol. The molecule has 0 saturated heterocycles. The molecule has 0 atom stereocenters. The van der Waals surface area contributed by atoms with E-state index in [-0.39, 0.29) is 0 Å². The number of rotatable bonds is 2. The summed E-state index contributed by atoms with van der Waals surface area (Å²) in [5.41, 5.74) is 0. The van der Waals surface area contributed by atoms with Crippen LogP contribution in [0.15, 0.2) is 0 Å². The van der Waals surface area contributed by atoms with Gasteiger partial charge in [-0.15, -0.1) is 0 Å². The summed E-state index contributed by atoms with van der Waals surface area (Å²) in [5, 5.41) is 4.76. The second kappa shape index (κ2) is 4.78. The lowest BCUT2D eigenvalue weighted by Gasteiger charge is -2.00.